The Labute approximate surface area is 154 Å². The van der Waals surface area contributed by atoms with E-state index in [1.807, 2.05) is 45.2 Å². The molecule has 3 atom stereocenters. The van der Waals surface area contributed by atoms with Crippen LogP contribution in [0.4, 0.5) is 0 Å². The van der Waals surface area contributed by atoms with Gasteiger partial charge in [0.15, 0.2) is 5.41 Å². The van der Waals surface area contributed by atoms with E-state index < -0.39 is 17.3 Å². The van der Waals surface area contributed by atoms with Crippen LogP contribution in [0.2, 0.25) is 0 Å². The molecular weight excluding hydrogens is 322 g/mol. The van der Waals surface area contributed by atoms with Crippen molar-refractivity contribution >= 4 is 5.71 Å². The van der Waals surface area contributed by atoms with Crippen molar-refractivity contribution < 1.29 is 0 Å². The third kappa shape index (κ3) is 2.43. The van der Waals surface area contributed by atoms with Crippen molar-refractivity contribution in [3.05, 3.63) is 46.5 Å². The Morgan fingerprint density at radius 3 is 2.46 bits per heavy atom. The van der Waals surface area contributed by atoms with Crippen LogP contribution in [0.15, 0.2) is 29.8 Å². The van der Waals surface area contributed by atoms with E-state index in [-0.39, 0.29) is 11.6 Å². The van der Waals surface area contributed by atoms with Crippen molar-refractivity contribution in [1.29, 1.82) is 21.2 Å². The van der Waals surface area contributed by atoms with Crippen molar-refractivity contribution in [3.63, 3.8) is 0 Å². The largest absolute Gasteiger partial charge is 0.305 e. The zero-order chi connectivity index (χ0) is 19.1. The molecule has 1 heterocycles. The van der Waals surface area contributed by atoms with Crippen molar-refractivity contribution in [3.8, 4) is 18.2 Å². The molecule has 26 heavy (non-hydrogen) atoms. The summed E-state index contributed by atoms with van der Waals surface area (Å²) in [4.78, 5) is 2.13. The molecule has 1 aromatic carbocycles. The molecular formula is C21H21N5. The summed E-state index contributed by atoms with van der Waals surface area (Å²) >= 11 is 0. The maximum absolute atomic E-state index is 10.0. The highest BCUT2D eigenvalue weighted by molar-refractivity contribution is 6.00. The molecule has 3 rings (SSSR count). The maximum Gasteiger partial charge on any atom is 0.189 e. The Kier molecular flexibility index (Phi) is 4.41. The summed E-state index contributed by atoms with van der Waals surface area (Å²) in [6.07, 6.45) is 2.01. The molecule has 1 aliphatic heterocycles. The number of nitrogens with one attached hydrogen (secondary N) is 1. The molecule has 0 radical (unpaired) electrons. The quantitative estimate of drug-likeness (QED) is 0.792. The smallest absolute Gasteiger partial charge is 0.189 e. The Balaban J connectivity index is 2.30. The molecule has 0 saturated heterocycles. The number of nitriles is 3. The van der Waals surface area contributed by atoms with Crippen molar-refractivity contribution in [2.24, 2.45) is 17.3 Å². The van der Waals surface area contributed by atoms with E-state index in [1.165, 1.54) is 0 Å². The van der Waals surface area contributed by atoms with Crippen LogP contribution >= 0.6 is 0 Å². The number of hydrogen-bond acceptors (Lipinski definition) is 5. The minimum Gasteiger partial charge on any atom is -0.305 e. The minimum absolute atomic E-state index is 0.0815. The molecule has 0 bridgehead atoms. The lowest BCUT2D eigenvalue weighted by Crippen LogP contribution is -2.52. The number of fused-ring (bicyclic) bond motifs is 1. The number of hydrogen-bond donors (Lipinski definition) is 1. The van der Waals surface area contributed by atoms with Crippen LogP contribution in [0, 0.1) is 70.5 Å². The van der Waals surface area contributed by atoms with E-state index in [4.69, 9.17) is 5.41 Å². The van der Waals surface area contributed by atoms with Gasteiger partial charge >= 0.3 is 0 Å². The average molecular weight is 343 g/mol. The maximum atomic E-state index is 10.0. The van der Waals surface area contributed by atoms with Crippen molar-refractivity contribution in [1.82, 2.24) is 4.90 Å². The second-order valence-electron chi connectivity index (χ2n) is 7.38. The fourth-order valence-electron chi connectivity index (χ4n) is 4.47. The van der Waals surface area contributed by atoms with E-state index in [0.29, 0.717) is 13.1 Å². The number of likely N-dealkylation sites (N-methyl/N-ethyl adjacent to an activating group) is 1. The van der Waals surface area contributed by atoms with E-state index in [2.05, 4.69) is 23.1 Å². The Bertz CT molecular complexity index is 907. The lowest BCUT2D eigenvalue weighted by Gasteiger charge is -2.47. The molecule has 1 aliphatic carbocycles. The van der Waals surface area contributed by atoms with Gasteiger partial charge in [-0.1, -0.05) is 29.8 Å². The van der Waals surface area contributed by atoms with Gasteiger partial charge in [0.25, 0.3) is 0 Å². The van der Waals surface area contributed by atoms with Crippen molar-refractivity contribution in [2.45, 2.75) is 19.8 Å². The lowest BCUT2D eigenvalue weighted by molar-refractivity contribution is 0.234. The summed E-state index contributed by atoms with van der Waals surface area (Å²) in [6.45, 7) is 5.37. The Morgan fingerprint density at radius 1 is 1.19 bits per heavy atom. The zero-order valence-corrected chi connectivity index (χ0v) is 15.2. The zero-order valence-electron chi connectivity index (χ0n) is 15.2. The van der Waals surface area contributed by atoms with Gasteiger partial charge in [0.2, 0.25) is 0 Å². The van der Waals surface area contributed by atoms with E-state index in [0.717, 1.165) is 22.3 Å². The third-order valence-electron chi connectivity index (χ3n) is 5.73. The summed E-state index contributed by atoms with van der Waals surface area (Å²) in [5, 5.41) is 38.3. The second kappa shape index (κ2) is 6.41. The van der Waals surface area contributed by atoms with Gasteiger partial charge in [-0.25, -0.2) is 0 Å². The fourth-order valence-corrected chi connectivity index (χ4v) is 4.47. The molecule has 0 aromatic heterocycles. The highest BCUT2D eigenvalue weighted by atomic mass is 15.1. The van der Waals surface area contributed by atoms with Crippen LogP contribution < -0.4 is 0 Å². The van der Waals surface area contributed by atoms with Gasteiger partial charge in [-0.15, -0.1) is 0 Å². The first-order chi connectivity index (χ1) is 12.4. The van der Waals surface area contributed by atoms with Gasteiger partial charge in [0.1, 0.15) is 5.92 Å². The Morgan fingerprint density at radius 2 is 1.88 bits per heavy atom. The molecule has 1 N–H and O–H groups in total. The van der Waals surface area contributed by atoms with Crippen LogP contribution in [0.25, 0.3) is 0 Å². The molecule has 1 fully saturated rings. The van der Waals surface area contributed by atoms with Crippen LogP contribution in [0.5, 0.6) is 0 Å². The molecule has 1 aromatic rings. The summed E-state index contributed by atoms with van der Waals surface area (Å²) < 4.78 is 0. The molecule has 130 valence electrons. The van der Waals surface area contributed by atoms with Gasteiger partial charge < -0.3 is 10.3 Å². The number of aryl methyl sites for hydroxylation is 2. The highest BCUT2D eigenvalue weighted by Gasteiger charge is 2.57. The molecule has 0 amide bonds. The molecule has 0 spiro atoms. The average Bonchev–Trinajstić information content (AvgIpc) is 2.62. The molecule has 0 unspecified atom stereocenters. The molecule has 2 aliphatic rings. The van der Waals surface area contributed by atoms with Crippen LogP contribution in [-0.2, 0) is 0 Å². The lowest BCUT2D eigenvalue weighted by atomic mass is 9.54. The summed E-state index contributed by atoms with van der Waals surface area (Å²) in [5.41, 5.74) is 2.24. The number of nitrogens with zero attached hydrogens (tertiary/aromatic N) is 4. The summed E-state index contributed by atoms with van der Waals surface area (Å²) in [6, 6.07) is 12.5. The van der Waals surface area contributed by atoms with Gasteiger partial charge in [-0.2, -0.15) is 15.8 Å². The SMILES string of the molecule is Cc1ccc([C@@H]2[C@H]3CN(C)CC=C3[C@@H](C#N)C(=N)C2(C#N)C#N)c(C)c1. The third-order valence-corrected chi connectivity index (χ3v) is 5.73. The predicted octanol–water partition coefficient (Wildman–Crippen LogP) is 3.08. The van der Waals surface area contributed by atoms with Crippen LogP contribution in [0.1, 0.15) is 22.6 Å². The van der Waals surface area contributed by atoms with Gasteiger partial charge in [0, 0.05) is 24.9 Å². The number of rotatable bonds is 1. The molecule has 5 heteroatoms. The summed E-state index contributed by atoms with van der Waals surface area (Å²) in [7, 11) is 1.99. The first-order valence-electron chi connectivity index (χ1n) is 8.66. The van der Waals surface area contributed by atoms with E-state index in [9.17, 15) is 15.8 Å². The van der Waals surface area contributed by atoms with E-state index >= 15 is 0 Å². The normalized spacial score (nSPS) is 27.5. The monoisotopic (exact) mass is 343 g/mol. The minimum atomic E-state index is -1.62. The van der Waals surface area contributed by atoms with E-state index in [1.54, 1.807) is 0 Å². The first kappa shape index (κ1) is 17.9. The molecule has 1 saturated carbocycles. The molecule has 5 nitrogen and oxygen atoms in total. The summed E-state index contributed by atoms with van der Waals surface area (Å²) in [5.74, 6) is -1.38. The topological polar surface area (TPSA) is 98.5 Å². The van der Waals surface area contributed by atoms with Gasteiger partial charge in [0.05, 0.1) is 23.9 Å². The second-order valence-corrected chi connectivity index (χ2v) is 7.38. The predicted molar refractivity (Wildman–Crippen MR) is 98.2 cm³/mol. The van der Waals surface area contributed by atoms with Crippen LogP contribution in [-0.4, -0.2) is 30.7 Å². The Hall–Kier alpha value is -2.94. The van der Waals surface area contributed by atoms with Gasteiger partial charge in [-0.3, -0.25) is 0 Å². The van der Waals surface area contributed by atoms with Gasteiger partial charge in [-0.05, 0) is 37.6 Å². The number of benzene rings is 1. The van der Waals surface area contributed by atoms with Crippen molar-refractivity contribution in [2.75, 3.05) is 20.1 Å². The fraction of sp³-hybridized carbons (Fsp3) is 0.429. The first-order valence-corrected chi connectivity index (χ1v) is 8.66. The standard InChI is InChI=1S/C21H21N5/c1-13-4-5-15(14(2)8-13)19-18-10-26(3)7-6-16(18)17(9-22)20(25)21(19,11-23)12-24/h4-6,8,17-19,25H,7,10H2,1-3H3/t17-,18+,19-/m1/s1. The highest BCUT2D eigenvalue weighted by Crippen LogP contribution is 2.53. The van der Waals surface area contributed by atoms with Crippen LogP contribution in [0.3, 0.4) is 0 Å².